The van der Waals surface area contributed by atoms with Crippen molar-refractivity contribution in [1.29, 1.82) is 0 Å². The molecular weight excluding hydrogens is 230 g/mol. The number of rotatable bonds is 7. The van der Waals surface area contributed by atoms with E-state index in [4.69, 9.17) is 14.7 Å². The molecule has 0 amide bonds. The zero-order valence-corrected chi connectivity index (χ0v) is 11.3. The van der Waals surface area contributed by atoms with Gasteiger partial charge in [-0.1, -0.05) is 18.1 Å². The third kappa shape index (κ3) is 4.37. The van der Waals surface area contributed by atoms with Crippen LogP contribution in [0.15, 0.2) is 23.4 Å². The van der Waals surface area contributed by atoms with Gasteiger partial charge in [-0.25, -0.2) is 0 Å². The Hall–Kier alpha value is -1.55. The zero-order valence-electron chi connectivity index (χ0n) is 11.3. The van der Waals surface area contributed by atoms with Crippen LogP contribution in [0, 0.1) is 6.92 Å². The van der Waals surface area contributed by atoms with Gasteiger partial charge in [-0.15, -0.1) is 0 Å². The SMILES string of the molecule is CCCOCCOc1cc(C)ccc1/C(C)=N/O. The van der Waals surface area contributed by atoms with Crippen LogP contribution in [0.4, 0.5) is 0 Å². The first-order chi connectivity index (χ1) is 8.69. The molecule has 4 heteroatoms. The van der Waals surface area contributed by atoms with Gasteiger partial charge in [0, 0.05) is 12.2 Å². The number of hydrogen-bond donors (Lipinski definition) is 1. The lowest BCUT2D eigenvalue weighted by Gasteiger charge is -2.11. The molecule has 0 bridgehead atoms. The van der Waals surface area contributed by atoms with Crippen molar-refractivity contribution in [1.82, 2.24) is 0 Å². The topological polar surface area (TPSA) is 51.0 Å². The van der Waals surface area contributed by atoms with E-state index < -0.39 is 0 Å². The van der Waals surface area contributed by atoms with E-state index in [-0.39, 0.29) is 0 Å². The highest BCUT2D eigenvalue weighted by Crippen LogP contribution is 2.21. The summed E-state index contributed by atoms with van der Waals surface area (Å²) >= 11 is 0. The quantitative estimate of drug-likeness (QED) is 0.351. The monoisotopic (exact) mass is 251 g/mol. The van der Waals surface area contributed by atoms with Gasteiger partial charge >= 0.3 is 0 Å². The molecule has 18 heavy (non-hydrogen) atoms. The highest BCUT2D eigenvalue weighted by atomic mass is 16.5. The Morgan fingerprint density at radius 3 is 2.72 bits per heavy atom. The molecule has 0 fully saturated rings. The molecule has 1 rings (SSSR count). The first kappa shape index (κ1) is 14.5. The lowest BCUT2D eigenvalue weighted by atomic mass is 10.1. The van der Waals surface area contributed by atoms with Crippen LogP contribution in [0.2, 0.25) is 0 Å². The van der Waals surface area contributed by atoms with E-state index in [9.17, 15) is 0 Å². The van der Waals surface area contributed by atoms with E-state index in [1.54, 1.807) is 6.92 Å². The molecule has 0 radical (unpaired) electrons. The summed E-state index contributed by atoms with van der Waals surface area (Å²) in [6.07, 6.45) is 1.01. The van der Waals surface area contributed by atoms with Gasteiger partial charge in [-0.05, 0) is 38.0 Å². The minimum Gasteiger partial charge on any atom is -0.490 e. The van der Waals surface area contributed by atoms with Crippen molar-refractivity contribution in [2.75, 3.05) is 19.8 Å². The Balaban J connectivity index is 2.65. The molecule has 0 unspecified atom stereocenters. The Morgan fingerprint density at radius 1 is 1.28 bits per heavy atom. The van der Waals surface area contributed by atoms with Gasteiger partial charge in [0.2, 0.25) is 0 Å². The highest BCUT2D eigenvalue weighted by molar-refractivity contribution is 6.00. The molecule has 1 aromatic rings. The van der Waals surface area contributed by atoms with Crippen LogP contribution in [0.25, 0.3) is 0 Å². The second kappa shape index (κ2) is 7.71. The predicted molar refractivity (Wildman–Crippen MR) is 71.8 cm³/mol. The van der Waals surface area contributed by atoms with E-state index in [1.165, 1.54) is 0 Å². The number of benzene rings is 1. The number of aryl methyl sites for hydroxylation is 1. The van der Waals surface area contributed by atoms with Crippen LogP contribution < -0.4 is 4.74 Å². The normalized spacial score (nSPS) is 11.6. The predicted octanol–water partition coefficient (Wildman–Crippen LogP) is 3.00. The average molecular weight is 251 g/mol. The van der Waals surface area contributed by atoms with Crippen LogP contribution in [0.1, 0.15) is 31.4 Å². The van der Waals surface area contributed by atoms with Gasteiger partial charge < -0.3 is 14.7 Å². The maximum Gasteiger partial charge on any atom is 0.128 e. The van der Waals surface area contributed by atoms with E-state index in [0.717, 1.165) is 29.9 Å². The minimum atomic E-state index is 0.495. The summed E-state index contributed by atoms with van der Waals surface area (Å²) in [7, 11) is 0. The number of nitrogens with zero attached hydrogens (tertiary/aromatic N) is 1. The fourth-order valence-electron chi connectivity index (χ4n) is 1.56. The summed E-state index contributed by atoms with van der Waals surface area (Å²) < 4.78 is 11.0. The average Bonchev–Trinajstić information content (AvgIpc) is 2.38. The van der Waals surface area contributed by atoms with Crippen LogP contribution in [0.3, 0.4) is 0 Å². The molecule has 0 heterocycles. The van der Waals surface area contributed by atoms with Crippen LogP contribution in [0.5, 0.6) is 5.75 Å². The molecule has 0 aliphatic rings. The second-order valence-electron chi connectivity index (χ2n) is 4.15. The number of hydrogen-bond acceptors (Lipinski definition) is 4. The summed E-state index contributed by atoms with van der Waals surface area (Å²) in [5, 5.41) is 12.0. The highest BCUT2D eigenvalue weighted by Gasteiger charge is 2.07. The van der Waals surface area contributed by atoms with Crippen molar-refractivity contribution in [3.8, 4) is 5.75 Å². The Morgan fingerprint density at radius 2 is 2.06 bits per heavy atom. The molecule has 0 aromatic heterocycles. The standard InChI is InChI=1S/C14H21NO3/c1-4-7-17-8-9-18-14-10-11(2)5-6-13(14)12(3)15-16/h5-6,10,16H,4,7-9H2,1-3H3/b15-12+. The smallest absolute Gasteiger partial charge is 0.128 e. The third-order valence-electron chi connectivity index (χ3n) is 2.51. The van der Waals surface area contributed by atoms with Crippen molar-refractivity contribution in [2.24, 2.45) is 5.16 Å². The first-order valence-corrected chi connectivity index (χ1v) is 6.19. The molecule has 0 spiro atoms. The molecule has 0 atom stereocenters. The molecule has 1 aromatic carbocycles. The fourth-order valence-corrected chi connectivity index (χ4v) is 1.56. The second-order valence-corrected chi connectivity index (χ2v) is 4.15. The summed E-state index contributed by atoms with van der Waals surface area (Å²) in [5.74, 6) is 0.727. The summed E-state index contributed by atoms with van der Waals surface area (Å²) in [4.78, 5) is 0. The number of oxime groups is 1. The van der Waals surface area contributed by atoms with Crippen LogP contribution in [-0.2, 0) is 4.74 Å². The Labute approximate surface area is 108 Å². The van der Waals surface area contributed by atoms with Gasteiger partial charge in [-0.3, -0.25) is 0 Å². The molecule has 0 saturated heterocycles. The van der Waals surface area contributed by atoms with Gasteiger partial charge in [0.1, 0.15) is 12.4 Å². The maximum atomic E-state index is 8.83. The largest absolute Gasteiger partial charge is 0.490 e. The molecule has 0 aliphatic heterocycles. The molecule has 1 N–H and O–H groups in total. The van der Waals surface area contributed by atoms with Crippen molar-refractivity contribution >= 4 is 5.71 Å². The molecule has 4 nitrogen and oxygen atoms in total. The van der Waals surface area contributed by atoms with Crippen molar-refractivity contribution in [3.63, 3.8) is 0 Å². The van der Waals surface area contributed by atoms with Crippen molar-refractivity contribution in [2.45, 2.75) is 27.2 Å². The van der Waals surface area contributed by atoms with E-state index in [2.05, 4.69) is 12.1 Å². The summed E-state index contributed by atoms with van der Waals surface area (Å²) in [6.45, 7) is 7.62. The zero-order chi connectivity index (χ0) is 13.4. The van der Waals surface area contributed by atoms with Gasteiger partial charge in [0.15, 0.2) is 0 Å². The Kier molecular flexibility index (Phi) is 6.22. The van der Waals surface area contributed by atoms with Gasteiger partial charge in [-0.2, -0.15) is 0 Å². The van der Waals surface area contributed by atoms with E-state index in [0.29, 0.717) is 18.9 Å². The summed E-state index contributed by atoms with van der Waals surface area (Å²) in [6, 6.07) is 5.79. The molecule has 0 saturated carbocycles. The number of ether oxygens (including phenoxy) is 2. The van der Waals surface area contributed by atoms with Crippen molar-refractivity contribution < 1.29 is 14.7 Å². The van der Waals surface area contributed by atoms with E-state index in [1.807, 2.05) is 25.1 Å². The minimum absolute atomic E-state index is 0.495. The molecule has 0 aliphatic carbocycles. The molecular formula is C14H21NO3. The van der Waals surface area contributed by atoms with E-state index >= 15 is 0 Å². The Bertz CT molecular complexity index is 402. The molecule has 100 valence electrons. The lowest BCUT2D eigenvalue weighted by molar-refractivity contribution is 0.101. The summed E-state index contributed by atoms with van der Waals surface area (Å²) in [5.41, 5.74) is 2.45. The third-order valence-corrected chi connectivity index (χ3v) is 2.51. The van der Waals surface area contributed by atoms with Crippen LogP contribution in [-0.4, -0.2) is 30.7 Å². The van der Waals surface area contributed by atoms with Crippen LogP contribution >= 0.6 is 0 Å². The maximum absolute atomic E-state index is 8.83. The van der Waals surface area contributed by atoms with Gasteiger partial charge in [0.25, 0.3) is 0 Å². The van der Waals surface area contributed by atoms with Crippen molar-refractivity contribution in [3.05, 3.63) is 29.3 Å². The fraction of sp³-hybridized carbons (Fsp3) is 0.500. The first-order valence-electron chi connectivity index (χ1n) is 6.19. The lowest BCUT2D eigenvalue weighted by Crippen LogP contribution is -2.09. The van der Waals surface area contributed by atoms with Gasteiger partial charge in [0.05, 0.1) is 12.3 Å².